The van der Waals surface area contributed by atoms with Crippen molar-refractivity contribution in [1.29, 1.82) is 0 Å². The number of nitrogens with two attached hydrogens (primary N) is 1. The van der Waals surface area contributed by atoms with Crippen LogP contribution in [0.1, 0.15) is 12.0 Å². The minimum atomic E-state index is -0.997. The van der Waals surface area contributed by atoms with Crippen molar-refractivity contribution in [2.45, 2.75) is 19.4 Å². The summed E-state index contributed by atoms with van der Waals surface area (Å²) in [6, 6.07) is 6.73. The fourth-order valence-corrected chi connectivity index (χ4v) is 1.13. The van der Waals surface area contributed by atoms with Crippen molar-refractivity contribution < 1.29 is 14.6 Å². The van der Waals surface area contributed by atoms with Crippen molar-refractivity contribution >= 4 is 5.97 Å². The summed E-state index contributed by atoms with van der Waals surface area (Å²) in [5.41, 5.74) is 6.44. The molecule has 0 amide bonds. The Morgan fingerprint density at radius 1 is 1.60 bits per heavy atom. The van der Waals surface area contributed by atoms with Crippen molar-refractivity contribution in [2.24, 2.45) is 5.73 Å². The zero-order valence-electron chi connectivity index (χ0n) is 8.64. The maximum Gasteiger partial charge on any atom is 0.320 e. The normalized spacial score (nSPS) is 12.1. The van der Waals surface area contributed by atoms with E-state index in [2.05, 4.69) is 0 Å². The maximum absolute atomic E-state index is 10.4. The molecule has 1 unspecified atom stereocenters. The van der Waals surface area contributed by atoms with E-state index < -0.39 is 12.0 Å². The first-order valence-electron chi connectivity index (χ1n) is 4.77. The van der Waals surface area contributed by atoms with Crippen LogP contribution in [0.2, 0.25) is 0 Å². The maximum atomic E-state index is 10.4. The zero-order valence-corrected chi connectivity index (χ0v) is 8.64. The van der Waals surface area contributed by atoms with Gasteiger partial charge in [-0.3, -0.25) is 4.79 Å². The van der Waals surface area contributed by atoms with Gasteiger partial charge in [-0.2, -0.15) is 0 Å². The van der Waals surface area contributed by atoms with Crippen LogP contribution in [0.15, 0.2) is 24.3 Å². The Labute approximate surface area is 88.7 Å². The van der Waals surface area contributed by atoms with Gasteiger partial charge in [0.2, 0.25) is 0 Å². The predicted molar refractivity (Wildman–Crippen MR) is 56.9 cm³/mol. The number of benzene rings is 1. The van der Waals surface area contributed by atoms with Gasteiger partial charge in [-0.1, -0.05) is 12.1 Å². The van der Waals surface area contributed by atoms with E-state index in [-0.39, 0.29) is 0 Å². The van der Waals surface area contributed by atoms with Gasteiger partial charge in [0.15, 0.2) is 0 Å². The summed E-state index contributed by atoms with van der Waals surface area (Å²) in [5, 5.41) is 8.54. The van der Waals surface area contributed by atoms with E-state index in [1.165, 1.54) is 0 Å². The predicted octanol–water partition coefficient (Wildman–Crippen LogP) is 1.18. The summed E-state index contributed by atoms with van der Waals surface area (Å²) >= 11 is 0. The molecule has 0 aliphatic heterocycles. The van der Waals surface area contributed by atoms with Crippen molar-refractivity contribution in [1.82, 2.24) is 0 Å². The lowest BCUT2D eigenvalue weighted by molar-refractivity contribution is -0.138. The molecule has 3 N–H and O–H groups in total. The summed E-state index contributed by atoms with van der Waals surface area (Å²) in [6.07, 6.45) is 0.309. The van der Waals surface area contributed by atoms with Gasteiger partial charge in [-0.15, -0.1) is 0 Å². The second-order valence-electron chi connectivity index (χ2n) is 3.40. The van der Waals surface area contributed by atoms with Gasteiger partial charge < -0.3 is 15.6 Å². The second-order valence-corrected chi connectivity index (χ2v) is 3.40. The topological polar surface area (TPSA) is 72.5 Å². The third kappa shape index (κ3) is 3.99. The molecule has 4 heteroatoms. The number of aliphatic carboxylic acids is 1. The molecule has 0 spiro atoms. The highest BCUT2D eigenvalue weighted by molar-refractivity contribution is 5.72. The molecule has 1 aromatic carbocycles. The minimum absolute atomic E-state index is 0.309. The Balaban J connectivity index is 2.35. The van der Waals surface area contributed by atoms with Crippen molar-refractivity contribution in [3.63, 3.8) is 0 Å². The Kier molecular flexibility index (Phi) is 4.12. The number of ether oxygens (including phenoxy) is 1. The molecule has 0 aliphatic carbocycles. The monoisotopic (exact) mass is 209 g/mol. The summed E-state index contributed by atoms with van der Waals surface area (Å²) in [5.74, 6) is -0.254. The van der Waals surface area contributed by atoms with Crippen LogP contribution in [0.25, 0.3) is 0 Å². The van der Waals surface area contributed by atoms with Crippen LogP contribution in [-0.4, -0.2) is 23.7 Å². The average molecular weight is 209 g/mol. The van der Waals surface area contributed by atoms with E-state index in [4.69, 9.17) is 15.6 Å². The summed E-state index contributed by atoms with van der Waals surface area (Å²) < 4.78 is 5.36. The molecular formula is C11H15NO3. The van der Waals surface area contributed by atoms with Crippen LogP contribution < -0.4 is 10.5 Å². The lowest BCUT2D eigenvalue weighted by Crippen LogP contribution is -2.31. The van der Waals surface area contributed by atoms with E-state index in [0.29, 0.717) is 13.0 Å². The third-order valence-electron chi connectivity index (χ3n) is 2.00. The highest BCUT2D eigenvalue weighted by atomic mass is 16.5. The Hall–Kier alpha value is -1.55. The number of carboxylic acid groups (broad SMARTS) is 1. The van der Waals surface area contributed by atoms with Crippen LogP contribution in [0, 0.1) is 6.92 Å². The van der Waals surface area contributed by atoms with Gasteiger partial charge in [0.1, 0.15) is 11.8 Å². The van der Waals surface area contributed by atoms with Gasteiger partial charge >= 0.3 is 5.97 Å². The lowest BCUT2D eigenvalue weighted by atomic mass is 10.2. The van der Waals surface area contributed by atoms with E-state index >= 15 is 0 Å². The van der Waals surface area contributed by atoms with E-state index in [9.17, 15) is 4.79 Å². The number of rotatable bonds is 5. The second kappa shape index (κ2) is 5.36. The zero-order chi connectivity index (χ0) is 11.3. The fraction of sp³-hybridized carbons (Fsp3) is 0.364. The molecule has 1 rings (SSSR count). The summed E-state index contributed by atoms with van der Waals surface area (Å²) in [4.78, 5) is 10.4. The van der Waals surface area contributed by atoms with Gasteiger partial charge in [0.05, 0.1) is 6.61 Å². The quantitative estimate of drug-likeness (QED) is 0.763. The molecule has 82 valence electrons. The highest BCUT2D eigenvalue weighted by Crippen LogP contribution is 2.12. The smallest absolute Gasteiger partial charge is 0.320 e. The number of aryl methyl sites for hydroxylation is 1. The van der Waals surface area contributed by atoms with E-state index in [1.807, 2.05) is 31.2 Å². The first-order chi connectivity index (χ1) is 7.09. The third-order valence-corrected chi connectivity index (χ3v) is 2.00. The van der Waals surface area contributed by atoms with Crippen molar-refractivity contribution in [2.75, 3.05) is 6.61 Å². The molecule has 15 heavy (non-hydrogen) atoms. The van der Waals surface area contributed by atoms with Gasteiger partial charge in [-0.25, -0.2) is 0 Å². The molecular weight excluding hydrogens is 194 g/mol. The first kappa shape index (κ1) is 11.5. The van der Waals surface area contributed by atoms with Gasteiger partial charge in [0, 0.05) is 6.42 Å². The Bertz CT molecular complexity index is 338. The minimum Gasteiger partial charge on any atom is -0.494 e. The molecule has 0 bridgehead atoms. The molecule has 0 saturated heterocycles. The molecule has 0 fully saturated rings. The van der Waals surface area contributed by atoms with Crippen molar-refractivity contribution in [3.05, 3.63) is 29.8 Å². The summed E-state index contributed by atoms with van der Waals surface area (Å²) in [7, 11) is 0. The molecule has 1 atom stereocenters. The standard InChI is InChI=1S/C11H15NO3/c1-8-3-2-4-9(7-8)15-6-5-10(12)11(13)14/h2-4,7,10H,5-6,12H2,1H3,(H,13,14). The number of carboxylic acids is 1. The number of hydrogen-bond donors (Lipinski definition) is 2. The van der Waals surface area contributed by atoms with Gasteiger partial charge in [0.25, 0.3) is 0 Å². The van der Waals surface area contributed by atoms with Crippen LogP contribution in [0.5, 0.6) is 5.75 Å². The van der Waals surface area contributed by atoms with Crippen LogP contribution in [-0.2, 0) is 4.79 Å². The first-order valence-corrected chi connectivity index (χ1v) is 4.77. The Morgan fingerprint density at radius 3 is 2.93 bits per heavy atom. The average Bonchev–Trinajstić information content (AvgIpc) is 2.17. The molecule has 0 aromatic heterocycles. The lowest BCUT2D eigenvalue weighted by Gasteiger charge is -2.08. The van der Waals surface area contributed by atoms with E-state index in [1.54, 1.807) is 0 Å². The number of hydrogen-bond acceptors (Lipinski definition) is 3. The Morgan fingerprint density at radius 2 is 2.33 bits per heavy atom. The number of carbonyl (C=O) groups is 1. The molecule has 0 aliphatic rings. The largest absolute Gasteiger partial charge is 0.494 e. The van der Waals surface area contributed by atoms with Crippen LogP contribution >= 0.6 is 0 Å². The van der Waals surface area contributed by atoms with Gasteiger partial charge in [-0.05, 0) is 24.6 Å². The molecule has 0 radical (unpaired) electrons. The summed E-state index contributed by atoms with van der Waals surface area (Å²) in [6.45, 7) is 2.28. The van der Waals surface area contributed by atoms with Crippen molar-refractivity contribution in [3.8, 4) is 5.75 Å². The fourth-order valence-electron chi connectivity index (χ4n) is 1.13. The molecule has 0 saturated carbocycles. The van der Waals surface area contributed by atoms with Crippen LogP contribution in [0.3, 0.4) is 0 Å². The molecule has 4 nitrogen and oxygen atoms in total. The SMILES string of the molecule is Cc1cccc(OCCC(N)C(=O)O)c1. The molecule has 1 aromatic rings. The van der Waals surface area contributed by atoms with E-state index in [0.717, 1.165) is 11.3 Å². The molecule has 0 heterocycles. The highest BCUT2D eigenvalue weighted by Gasteiger charge is 2.10. The van der Waals surface area contributed by atoms with Crippen LogP contribution in [0.4, 0.5) is 0 Å².